The van der Waals surface area contributed by atoms with Gasteiger partial charge < -0.3 is 9.84 Å². The van der Waals surface area contributed by atoms with Crippen LogP contribution in [-0.4, -0.2) is 18.4 Å². The lowest BCUT2D eigenvalue weighted by Crippen LogP contribution is -1.89. The van der Waals surface area contributed by atoms with E-state index < -0.39 is 0 Å². The number of benzene rings is 2. The van der Waals surface area contributed by atoms with Crippen molar-refractivity contribution in [3.05, 3.63) is 51.5 Å². The predicted molar refractivity (Wildman–Crippen MR) is 85.5 cm³/mol. The summed E-state index contributed by atoms with van der Waals surface area (Å²) >= 11 is 3.39. The van der Waals surface area contributed by atoms with Gasteiger partial charge in [0.1, 0.15) is 0 Å². The maximum absolute atomic E-state index is 10.1. The molecule has 0 aromatic heterocycles. The number of aromatic hydroxyl groups is 1. The Kier molecular flexibility index (Phi) is 4.45. The monoisotopic (exact) mass is 333 g/mol. The minimum atomic E-state index is 0.0877. The van der Waals surface area contributed by atoms with E-state index in [1.54, 1.807) is 18.3 Å². The van der Waals surface area contributed by atoms with E-state index in [-0.39, 0.29) is 5.75 Å². The molecule has 0 unspecified atom stereocenters. The molecule has 0 saturated heterocycles. The number of aliphatic imine (C=N–C) groups is 1. The molecule has 0 atom stereocenters. The standard InChI is InChI=1S/C16H16BrNO2/c1-10-4-5-11(2)14(6-10)18-9-12-7-13(17)8-15(20-3)16(12)19/h4-9,19H,1-3H3. The molecule has 0 radical (unpaired) electrons. The Morgan fingerprint density at radius 1 is 1.20 bits per heavy atom. The SMILES string of the molecule is COc1cc(Br)cc(C=Nc2cc(C)ccc2C)c1O. The van der Waals surface area contributed by atoms with Crippen molar-refractivity contribution < 1.29 is 9.84 Å². The van der Waals surface area contributed by atoms with E-state index in [0.717, 1.165) is 21.3 Å². The molecule has 2 aromatic carbocycles. The van der Waals surface area contributed by atoms with Gasteiger partial charge in [0.2, 0.25) is 0 Å². The molecule has 0 fully saturated rings. The Morgan fingerprint density at radius 3 is 2.65 bits per heavy atom. The van der Waals surface area contributed by atoms with E-state index in [9.17, 15) is 5.11 Å². The third kappa shape index (κ3) is 3.20. The van der Waals surface area contributed by atoms with Crippen molar-refractivity contribution in [3.63, 3.8) is 0 Å². The van der Waals surface area contributed by atoms with Crippen molar-refractivity contribution >= 4 is 27.8 Å². The average Bonchev–Trinajstić information content (AvgIpc) is 2.42. The minimum Gasteiger partial charge on any atom is -0.504 e. The van der Waals surface area contributed by atoms with Gasteiger partial charge in [-0.05, 0) is 43.2 Å². The third-order valence-electron chi connectivity index (χ3n) is 3.00. The largest absolute Gasteiger partial charge is 0.504 e. The van der Waals surface area contributed by atoms with Gasteiger partial charge in [-0.15, -0.1) is 0 Å². The molecular formula is C16H16BrNO2. The van der Waals surface area contributed by atoms with Crippen molar-refractivity contribution in [1.82, 2.24) is 0 Å². The summed E-state index contributed by atoms with van der Waals surface area (Å²) in [6.45, 7) is 4.03. The van der Waals surface area contributed by atoms with E-state index in [0.29, 0.717) is 11.3 Å². The number of hydrogen-bond donors (Lipinski definition) is 1. The van der Waals surface area contributed by atoms with Gasteiger partial charge in [-0.25, -0.2) is 0 Å². The zero-order valence-electron chi connectivity index (χ0n) is 11.6. The second-order valence-corrected chi connectivity index (χ2v) is 5.51. The molecular weight excluding hydrogens is 318 g/mol. The number of ether oxygens (including phenoxy) is 1. The molecule has 0 heterocycles. The van der Waals surface area contributed by atoms with Crippen LogP contribution in [0.4, 0.5) is 5.69 Å². The first kappa shape index (κ1) is 14.6. The molecule has 4 heteroatoms. The highest BCUT2D eigenvalue weighted by Crippen LogP contribution is 2.33. The number of rotatable bonds is 3. The van der Waals surface area contributed by atoms with Crippen LogP contribution in [0.3, 0.4) is 0 Å². The zero-order chi connectivity index (χ0) is 14.7. The van der Waals surface area contributed by atoms with Crippen molar-refractivity contribution in [2.45, 2.75) is 13.8 Å². The summed E-state index contributed by atoms with van der Waals surface area (Å²) in [7, 11) is 1.52. The summed E-state index contributed by atoms with van der Waals surface area (Å²) in [5, 5.41) is 10.1. The highest BCUT2D eigenvalue weighted by molar-refractivity contribution is 9.10. The quantitative estimate of drug-likeness (QED) is 0.838. The summed E-state index contributed by atoms with van der Waals surface area (Å²) in [6, 6.07) is 9.60. The lowest BCUT2D eigenvalue weighted by molar-refractivity contribution is 0.373. The Morgan fingerprint density at radius 2 is 1.95 bits per heavy atom. The molecule has 2 rings (SSSR count). The highest BCUT2D eigenvalue weighted by atomic mass is 79.9. The van der Waals surface area contributed by atoms with E-state index in [1.165, 1.54) is 7.11 Å². The van der Waals surface area contributed by atoms with Crippen LogP contribution in [0.1, 0.15) is 16.7 Å². The molecule has 0 spiro atoms. The lowest BCUT2D eigenvalue weighted by atomic mass is 10.1. The van der Waals surface area contributed by atoms with Gasteiger partial charge in [-0.3, -0.25) is 4.99 Å². The Hall–Kier alpha value is -1.81. The highest BCUT2D eigenvalue weighted by Gasteiger charge is 2.08. The molecule has 0 saturated carbocycles. The third-order valence-corrected chi connectivity index (χ3v) is 3.45. The van der Waals surface area contributed by atoms with Crippen LogP contribution < -0.4 is 4.74 Å². The molecule has 2 aromatic rings. The minimum absolute atomic E-state index is 0.0877. The average molecular weight is 334 g/mol. The second-order valence-electron chi connectivity index (χ2n) is 4.59. The van der Waals surface area contributed by atoms with Crippen molar-refractivity contribution in [2.75, 3.05) is 7.11 Å². The second kappa shape index (κ2) is 6.09. The van der Waals surface area contributed by atoms with E-state index in [2.05, 4.69) is 20.9 Å². The van der Waals surface area contributed by atoms with E-state index in [4.69, 9.17) is 4.74 Å². The van der Waals surface area contributed by atoms with Gasteiger partial charge >= 0.3 is 0 Å². The summed E-state index contributed by atoms with van der Waals surface area (Å²) < 4.78 is 5.95. The number of aryl methyl sites for hydroxylation is 2. The smallest absolute Gasteiger partial charge is 0.166 e. The normalized spacial score (nSPS) is 11.0. The van der Waals surface area contributed by atoms with Crippen LogP contribution in [0.25, 0.3) is 0 Å². The molecule has 0 aliphatic heterocycles. The first-order valence-corrected chi connectivity index (χ1v) is 6.98. The van der Waals surface area contributed by atoms with Crippen molar-refractivity contribution in [1.29, 1.82) is 0 Å². The maximum Gasteiger partial charge on any atom is 0.166 e. The molecule has 20 heavy (non-hydrogen) atoms. The van der Waals surface area contributed by atoms with E-state index in [1.807, 2.05) is 32.0 Å². The van der Waals surface area contributed by atoms with Crippen LogP contribution in [-0.2, 0) is 0 Å². The van der Waals surface area contributed by atoms with Gasteiger partial charge in [0.05, 0.1) is 12.8 Å². The fourth-order valence-corrected chi connectivity index (χ4v) is 2.30. The molecule has 0 amide bonds. The number of methoxy groups -OCH3 is 1. The lowest BCUT2D eigenvalue weighted by Gasteiger charge is -2.07. The van der Waals surface area contributed by atoms with Crippen LogP contribution in [0, 0.1) is 13.8 Å². The van der Waals surface area contributed by atoms with Crippen LogP contribution >= 0.6 is 15.9 Å². The van der Waals surface area contributed by atoms with Gasteiger partial charge in [0, 0.05) is 16.3 Å². The Bertz CT molecular complexity index is 666. The number of nitrogens with zero attached hydrogens (tertiary/aromatic N) is 1. The van der Waals surface area contributed by atoms with E-state index >= 15 is 0 Å². The van der Waals surface area contributed by atoms with Gasteiger partial charge in [0.25, 0.3) is 0 Å². The summed E-state index contributed by atoms with van der Waals surface area (Å²) in [5.74, 6) is 0.506. The van der Waals surface area contributed by atoms with Crippen molar-refractivity contribution in [3.8, 4) is 11.5 Å². The number of phenols is 1. The first-order chi connectivity index (χ1) is 9.51. The summed E-state index contributed by atoms with van der Waals surface area (Å²) in [5.41, 5.74) is 3.74. The van der Waals surface area contributed by atoms with Crippen LogP contribution in [0.5, 0.6) is 11.5 Å². The van der Waals surface area contributed by atoms with Gasteiger partial charge in [-0.1, -0.05) is 28.1 Å². The van der Waals surface area contributed by atoms with Crippen LogP contribution in [0.15, 0.2) is 39.8 Å². The molecule has 0 bridgehead atoms. The molecule has 104 valence electrons. The summed E-state index contributed by atoms with van der Waals surface area (Å²) in [6.07, 6.45) is 1.64. The van der Waals surface area contributed by atoms with Crippen molar-refractivity contribution in [2.24, 2.45) is 4.99 Å². The fraction of sp³-hybridized carbons (Fsp3) is 0.188. The molecule has 0 aliphatic carbocycles. The van der Waals surface area contributed by atoms with Gasteiger partial charge in [-0.2, -0.15) is 0 Å². The first-order valence-electron chi connectivity index (χ1n) is 6.19. The number of phenolic OH excluding ortho intramolecular Hbond substituents is 1. The number of halogens is 1. The molecule has 3 nitrogen and oxygen atoms in total. The maximum atomic E-state index is 10.1. The fourth-order valence-electron chi connectivity index (χ4n) is 1.85. The van der Waals surface area contributed by atoms with Gasteiger partial charge in [0.15, 0.2) is 11.5 Å². The topological polar surface area (TPSA) is 41.8 Å². The number of hydrogen-bond acceptors (Lipinski definition) is 3. The zero-order valence-corrected chi connectivity index (χ0v) is 13.2. The molecule has 0 aliphatic rings. The molecule has 1 N–H and O–H groups in total. The predicted octanol–water partition coefficient (Wildman–Crippen LogP) is 4.53. The summed E-state index contributed by atoms with van der Waals surface area (Å²) in [4.78, 5) is 4.45. The Balaban J connectivity index is 2.41. The Labute approximate surface area is 127 Å². The van der Waals surface area contributed by atoms with Crippen LogP contribution in [0.2, 0.25) is 0 Å².